The van der Waals surface area contributed by atoms with Gasteiger partial charge in [-0.3, -0.25) is 4.79 Å². The number of carbonyl (C=O) groups is 1. The minimum absolute atomic E-state index is 0.329. The van der Waals surface area contributed by atoms with Crippen molar-refractivity contribution >= 4 is 17.4 Å². The molecule has 0 atom stereocenters. The first-order chi connectivity index (χ1) is 10.1. The van der Waals surface area contributed by atoms with Gasteiger partial charge in [-0.25, -0.2) is 4.39 Å². The lowest BCUT2D eigenvalue weighted by Crippen LogP contribution is -2.15. The summed E-state index contributed by atoms with van der Waals surface area (Å²) < 4.78 is 12.8. The zero-order valence-electron chi connectivity index (χ0n) is 10.9. The number of hydrogen-bond acceptors (Lipinski definition) is 3. The van der Waals surface area contributed by atoms with Crippen molar-refractivity contribution in [2.45, 2.75) is 0 Å². The normalized spacial score (nSPS) is 11.2. The molecule has 0 fully saturated rings. The fraction of sp³-hybridized carbons (Fsp3) is 0. The van der Waals surface area contributed by atoms with E-state index in [9.17, 15) is 14.3 Å². The second-order valence-corrected chi connectivity index (χ2v) is 4.16. The SMILES string of the molecule is N#C/C(C(=O)Nc1ccc(F)cc1)=C(/O)c1ccccc1. The number of nitrogens with one attached hydrogen (secondary N) is 1. The number of aliphatic hydroxyl groups excluding tert-OH is 1. The van der Waals surface area contributed by atoms with Crippen molar-refractivity contribution < 1.29 is 14.3 Å². The Morgan fingerprint density at radius 3 is 2.29 bits per heavy atom. The van der Waals surface area contributed by atoms with E-state index in [1.54, 1.807) is 36.4 Å². The Balaban J connectivity index is 2.27. The van der Waals surface area contributed by atoms with Crippen LogP contribution in [0.1, 0.15) is 5.56 Å². The molecule has 0 spiro atoms. The summed E-state index contributed by atoms with van der Waals surface area (Å²) in [6.07, 6.45) is 0. The molecule has 5 heteroatoms. The molecule has 0 heterocycles. The number of hydrogen-bond donors (Lipinski definition) is 2. The maximum absolute atomic E-state index is 12.8. The quantitative estimate of drug-likeness (QED) is 0.515. The molecule has 1 amide bonds. The molecule has 0 radical (unpaired) electrons. The molecule has 0 aliphatic carbocycles. The highest BCUT2D eigenvalue weighted by Gasteiger charge is 2.16. The highest BCUT2D eigenvalue weighted by atomic mass is 19.1. The van der Waals surface area contributed by atoms with Gasteiger partial charge in [-0.15, -0.1) is 0 Å². The average molecular weight is 282 g/mol. The van der Waals surface area contributed by atoms with Crippen molar-refractivity contribution in [1.82, 2.24) is 0 Å². The first kappa shape index (κ1) is 14.3. The standard InChI is InChI=1S/C16H11FN2O2/c17-12-6-8-13(9-7-12)19-16(21)14(10-18)15(20)11-4-2-1-3-5-11/h1-9,20H,(H,19,21)/b15-14-. The van der Waals surface area contributed by atoms with Gasteiger partial charge in [-0.1, -0.05) is 30.3 Å². The molecular weight excluding hydrogens is 271 g/mol. The molecule has 2 rings (SSSR count). The van der Waals surface area contributed by atoms with Gasteiger partial charge < -0.3 is 10.4 Å². The summed E-state index contributed by atoms with van der Waals surface area (Å²) in [6.45, 7) is 0. The van der Waals surface area contributed by atoms with E-state index in [1.165, 1.54) is 24.3 Å². The van der Waals surface area contributed by atoms with Crippen molar-refractivity contribution in [2.75, 3.05) is 5.32 Å². The Hall–Kier alpha value is -3.13. The number of halogens is 1. The van der Waals surface area contributed by atoms with E-state index in [-0.39, 0.29) is 0 Å². The fourth-order valence-corrected chi connectivity index (χ4v) is 1.68. The summed E-state index contributed by atoms with van der Waals surface area (Å²) in [6, 6.07) is 15.0. The minimum atomic E-state index is -0.759. The molecule has 0 bridgehead atoms. The van der Waals surface area contributed by atoms with Crippen molar-refractivity contribution in [3.8, 4) is 6.07 Å². The minimum Gasteiger partial charge on any atom is -0.506 e. The van der Waals surface area contributed by atoms with Gasteiger partial charge in [-0.05, 0) is 24.3 Å². The van der Waals surface area contributed by atoms with Crippen LogP contribution in [0.4, 0.5) is 10.1 Å². The Bertz CT molecular complexity index is 716. The maximum atomic E-state index is 12.8. The van der Waals surface area contributed by atoms with Gasteiger partial charge >= 0.3 is 0 Å². The summed E-state index contributed by atoms with van der Waals surface area (Å²) in [5.41, 5.74) is 0.281. The molecule has 0 saturated carbocycles. The Morgan fingerprint density at radius 1 is 1.10 bits per heavy atom. The summed E-state index contributed by atoms with van der Waals surface area (Å²) in [5.74, 6) is -1.60. The van der Waals surface area contributed by atoms with E-state index < -0.39 is 23.1 Å². The van der Waals surface area contributed by atoms with Gasteiger partial charge in [0.25, 0.3) is 5.91 Å². The third-order valence-corrected chi connectivity index (χ3v) is 2.72. The van der Waals surface area contributed by atoms with Gasteiger partial charge in [0.05, 0.1) is 0 Å². The summed E-state index contributed by atoms with van der Waals surface area (Å²) >= 11 is 0. The van der Waals surface area contributed by atoms with Crippen LogP contribution in [0.25, 0.3) is 5.76 Å². The molecule has 2 N–H and O–H groups in total. The van der Waals surface area contributed by atoms with Crippen LogP contribution < -0.4 is 5.32 Å². The van der Waals surface area contributed by atoms with Gasteiger partial charge in [0, 0.05) is 11.3 Å². The topological polar surface area (TPSA) is 73.1 Å². The lowest BCUT2D eigenvalue weighted by atomic mass is 10.1. The number of amides is 1. The van der Waals surface area contributed by atoms with Gasteiger partial charge in [0.1, 0.15) is 17.6 Å². The first-order valence-corrected chi connectivity index (χ1v) is 6.07. The number of anilines is 1. The summed E-state index contributed by atoms with van der Waals surface area (Å²) in [5, 5.41) is 21.5. The van der Waals surface area contributed by atoms with E-state index in [0.29, 0.717) is 11.3 Å². The highest BCUT2D eigenvalue weighted by molar-refractivity contribution is 6.10. The van der Waals surface area contributed by atoms with E-state index in [2.05, 4.69) is 5.32 Å². The zero-order valence-corrected chi connectivity index (χ0v) is 10.9. The van der Waals surface area contributed by atoms with Crippen LogP contribution in [-0.4, -0.2) is 11.0 Å². The highest BCUT2D eigenvalue weighted by Crippen LogP contribution is 2.17. The van der Waals surface area contributed by atoms with Crippen LogP contribution >= 0.6 is 0 Å². The predicted octanol–water partition coefficient (Wildman–Crippen LogP) is 3.26. The Kier molecular flexibility index (Phi) is 4.32. The number of aliphatic hydroxyl groups is 1. The van der Waals surface area contributed by atoms with E-state index in [1.807, 2.05) is 0 Å². The molecule has 0 aliphatic rings. The Morgan fingerprint density at radius 2 is 1.71 bits per heavy atom. The molecular formula is C16H11FN2O2. The van der Waals surface area contributed by atoms with Crippen molar-refractivity contribution in [1.29, 1.82) is 5.26 Å². The van der Waals surface area contributed by atoms with Crippen LogP contribution in [0.5, 0.6) is 0 Å². The number of nitrogens with zero attached hydrogens (tertiary/aromatic N) is 1. The second kappa shape index (κ2) is 6.35. The molecule has 104 valence electrons. The van der Waals surface area contributed by atoms with E-state index >= 15 is 0 Å². The molecule has 0 aromatic heterocycles. The summed E-state index contributed by atoms with van der Waals surface area (Å²) in [4.78, 5) is 12.0. The molecule has 0 aliphatic heterocycles. The lowest BCUT2D eigenvalue weighted by Gasteiger charge is -2.06. The zero-order chi connectivity index (χ0) is 15.2. The molecule has 2 aromatic rings. The fourth-order valence-electron chi connectivity index (χ4n) is 1.68. The van der Waals surface area contributed by atoms with Gasteiger partial charge in [0.15, 0.2) is 5.57 Å². The molecule has 21 heavy (non-hydrogen) atoms. The predicted molar refractivity (Wildman–Crippen MR) is 76.6 cm³/mol. The molecule has 2 aromatic carbocycles. The van der Waals surface area contributed by atoms with Gasteiger partial charge in [0.2, 0.25) is 0 Å². The smallest absolute Gasteiger partial charge is 0.270 e. The van der Waals surface area contributed by atoms with Crippen LogP contribution in [-0.2, 0) is 4.79 Å². The third kappa shape index (κ3) is 3.45. The number of benzene rings is 2. The average Bonchev–Trinajstić information content (AvgIpc) is 2.51. The second-order valence-electron chi connectivity index (χ2n) is 4.16. The monoisotopic (exact) mass is 282 g/mol. The van der Waals surface area contributed by atoms with Crippen molar-refractivity contribution in [3.63, 3.8) is 0 Å². The molecule has 4 nitrogen and oxygen atoms in total. The summed E-state index contributed by atoms with van der Waals surface area (Å²) in [7, 11) is 0. The number of rotatable bonds is 3. The van der Waals surface area contributed by atoms with E-state index in [4.69, 9.17) is 5.26 Å². The van der Waals surface area contributed by atoms with Crippen LogP contribution in [0.15, 0.2) is 60.2 Å². The Labute approximate surface area is 120 Å². The van der Waals surface area contributed by atoms with Gasteiger partial charge in [-0.2, -0.15) is 5.26 Å². The maximum Gasteiger partial charge on any atom is 0.270 e. The largest absolute Gasteiger partial charge is 0.506 e. The van der Waals surface area contributed by atoms with E-state index in [0.717, 1.165) is 0 Å². The number of nitriles is 1. The van der Waals surface area contributed by atoms with Crippen LogP contribution in [0, 0.1) is 17.1 Å². The van der Waals surface area contributed by atoms with Crippen LogP contribution in [0.2, 0.25) is 0 Å². The van der Waals surface area contributed by atoms with Crippen LogP contribution in [0.3, 0.4) is 0 Å². The lowest BCUT2D eigenvalue weighted by molar-refractivity contribution is -0.112. The molecule has 0 unspecified atom stereocenters. The number of carbonyl (C=O) groups excluding carboxylic acids is 1. The molecule has 0 saturated heterocycles. The third-order valence-electron chi connectivity index (χ3n) is 2.72. The van der Waals surface area contributed by atoms with Crippen molar-refractivity contribution in [3.05, 3.63) is 71.6 Å². The van der Waals surface area contributed by atoms with Crippen molar-refractivity contribution in [2.24, 2.45) is 0 Å². The first-order valence-electron chi connectivity index (χ1n) is 6.07.